The predicted octanol–water partition coefficient (Wildman–Crippen LogP) is 7.53. The summed E-state index contributed by atoms with van der Waals surface area (Å²) in [6.07, 6.45) is 1.69. The van der Waals surface area contributed by atoms with Gasteiger partial charge in [0.15, 0.2) is 5.82 Å². The fourth-order valence-electron chi connectivity index (χ4n) is 4.40. The molecule has 0 fully saturated rings. The average Bonchev–Trinajstić information content (AvgIpc) is 2.92. The number of aromatic nitrogens is 4. The van der Waals surface area contributed by atoms with Gasteiger partial charge >= 0.3 is 12.4 Å². The summed E-state index contributed by atoms with van der Waals surface area (Å²) in [7, 11) is 0. The molecular weight excluding hydrogens is 534 g/mol. The van der Waals surface area contributed by atoms with Gasteiger partial charge in [-0.2, -0.15) is 26.3 Å². The summed E-state index contributed by atoms with van der Waals surface area (Å²) in [5.74, 6) is 0.636. The van der Waals surface area contributed by atoms with Crippen LogP contribution in [0.5, 0.6) is 0 Å². The molecule has 0 bridgehead atoms. The van der Waals surface area contributed by atoms with Gasteiger partial charge in [0.05, 0.1) is 35.2 Å². The Kier molecular flexibility index (Phi) is 7.17. The highest BCUT2D eigenvalue weighted by Crippen LogP contribution is 2.37. The molecule has 40 heavy (non-hydrogen) atoms. The number of benzene rings is 1. The fraction of sp³-hybridized carbons (Fsp3) is 0.214. The Hall–Kier alpha value is -4.48. The zero-order chi connectivity index (χ0) is 28.5. The summed E-state index contributed by atoms with van der Waals surface area (Å²) in [6.45, 7) is 2.32. The van der Waals surface area contributed by atoms with Crippen LogP contribution in [0, 0.1) is 0 Å². The predicted molar refractivity (Wildman–Crippen MR) is 138 cm³/mol. The zero-order valence-electron chi connectivity index (χ0n) is 21.0. The lowest BCUT2D eigenvalue weighted by Gasteiger charge is -2.29. The standard InChI is InChI=1S/C28H22F6N6/c1-2-19-6-3-4-13-40(19)16-24-38-22-14-17(25-21(27(29,30)31)7-5-12-35-25)8-10-20(22)26(39-24)37-18-9-11-23(36-15-18)28(32,33)34/h3-15,19H,2,16H2,1H3,(H,37,38,39). The van der Waals surface area contributed by atoms with Gasteiger partial charge in [-0.15, -0.1) is 0 Å². The van der Waals surface area contributed by atoms with Crippen molar-refractivity contribution in [2.75, 3.05) is 5.32 Å². The van der Waals surface area contributed by atoms with Crippen molar-refractivity contribution >= 4 is 22.4 Å². The Balaban J connectivity index is 1.59. The van der Waals surface area contributed by atoms with Crippen molar-refractivity contribution in [2.24, 2.45) is 0 Å². The van der Waals surface area contributed by atoms with Crippen LogP contribution in [-0.4, -0.2) is 30.9 Å². The number of pyridine rings is 2. The van der Waals surface area contributed by atoms with E-state index in [1.54, 1.807) is 6.07 Å². The molecule has 4 heterocycles. The molecule has 1 N–H and O–H groups in total. The molecule has 0 saturated carbocycles. The summed E-state index contributed by atoms with van der Waals surface area (Å²) in [4.78, 5) is 18.7. The minimum Gasteiger partial charge on any atom is -0.364 e. The first kappa shape index (κ1) is 27.1. The van der Waals surface area contributed by atoms with Crippen molar-refractivity contribution in [3.8, 4) is 11.3 Å². The van der Waals surface area contributed by atoms with E-state index < -0.39 is 23.6 Å². The summed E-state index contributed by atoms with van der Waals surface area (Å²) in [6, 6.07) is 8.88. The number of nitrogens with one attached hydrogen (secondary N) is 1. The van der Waals surface area contributed by atoms with Crippen LogP contribution in [0.2, 0.25) is 0 Å². The first-order valence-corrected chi connectivity index (χ1v) is 12.3. The van der Waals surface area contributed by atoms with E-state index in [4.69, 9.17) is 0 Å². The summed E-state index contributed by atoms with van der Waals surface area (Å²) >= 11 is 0. The van der Waals surface area contributed by atoms with Crippen molar-refractivity contribution < 1.29 is 26.3 Å². The molecular formula is C28H22F6N6. The maximum Gasteiger partial charge on any atom is 0.433 e. The van der Waals surface area contributed by atoms with Gasteiger partial charge in [0.2, 0.25) is 0 Å². The van der Waals surface area contributed by atoms with Crippen LogP contribution in [0.25, 0.3) is 22.2 Å². The molecule has 12 heteroatoms. The lowest BCUT2D eigenvalue weighted by atomic mass is 10.0. The van der Waals surface area contributed by atoms with Crippen molar-refractivity contribution in [3.05, 3.63) is 96.4 Å². The number of halogens is 6. The Morgan fingerprint density at radius 2 is 1.75 bits per heavy atom. The van der Waals surface area contributed by atoms with Crippen LogP contribution in [0.15, 0.2) is 79.3 Å². The highest BCUT2D eigenvalue weighted by atomic mass is 19.4. The molecule has 0 saturated heterocycles. The van der Waals surface area contributed by atoms with Crippen LogP contribution < -0.4 is 5.32 Å². The van der Waals surface area contributed by atoms with Crippen molar-refractivity contribution in [1.29, 1.82) is 0 Å². The normalized spacial score (nSPS) is 15.6. The molecule has 1 aliphatic heterocycles. The molecule has 0 amide bonds. The van der Waals surface area contributed by atoms with Gasteiger partial charge in [-0.25, -0.2) is 15.0 Å². The van der Waals surface area contributed by atoms with E-state index in [0.717, 1.165) is 24.8 Å². The van der Waals surface area contributed by atoms with Crippen LogP contribution in [0.4, 0.5) is 37.8 Å². The number of anilines is 2. The third kappa shape index (κ3) is 5.75. The van der Waals surface area contributed by atoms with Gasteiger partial charge in [0.1, 0.15) is 11.5 Å². The Bertz CT molecular complexity index is 1580. The van der Waals surface area contributed by atoms with Gasteiger partial charge < -0.3 is 10.2 Å². The molecule has 0 spiro atoms. The van der Waals surface area contributed by atoms with E-state index in [2.05, 4.69) is 25.3 Å². The van der Waals surface area contributed by atoms with Crippen LogP contribution in [-0.2, 0) is 18.9 Å². The molecule has 1 aliphatic rings. The van der Waals surface area contributed by atoms with E-state index in [1.807, 2.05) is 36.3 Å². The first-order valence-electron chi connectivity index (χ1n) is 12.3. The van der Waals surface area contributed by atoms with Crippen LogP contribution in [0.1, 0.15) is 30.4 Å². The molecule has 1 aromatic carbocycles. The summed E-state index contributed by atoms with van der Waals surface area (Å²) in [5, 5.41) is 3.45. The summed E-state index contributed by atoms with van der Waals surface area (Å²) in [5.41, 5.74) is -1.36. The number of hydrogen-bond donors (Lipinski definition) is 1. The maximum atomic E-state index is 13.7. The van der Waals surface area contributed by atoms with Gasteiger partial charge in [-0.1, -0.05) is 25.1 Å². The monoisotopic (exact) mass is 556 g/mol. The minimum absolute atomic E-state index is 0.0917. The number of fused-ring (bicyclic) bond motifs is 1. The summed E-state index contributed by atoms with van der Waals surface area (Å²) < 4.78 is 80.0. The lowest BCUT2D eigenvalue weighted by molar-refractivity contribution is -0.141. The molecule has 0 aliphatic carbocycles. The van der Waals surface area contributed by atoms with E-state index in [9.17, 15) is 26.3 Å². The molecule has 5 rings (SSSR count). The van der Waals surface area contributed by atoms with Gasteiger partial charge in [-0.05, 0) is 48.9 Å². The lowest BCUT2D eigenvalue weighted by Crippen LogP contribution is -2.30. The molecule has 0 radical (unpaired) electrons. The topological polar surface area (TPSA) is 66.8 Å². The van der Waals surface area contributed by atoms with Gasteiger partial charge in [0.25, 0.3) is 0 Å². The molecule has 1 unspecified atom stereocenters. The number of allylic oxidation sites excluding steroid dienone is 2. The van der Waals surface area contributed by atoms with Crippen molar-refractivity contribution in [1.82, 2.24) is 24.8 Å². The number of alkyl halides is 6. The molecule has 1 atom stereocenters. The largest absolute Gasteiger partial charge is 0.433 e. The second kappa shape index (κ2) is 10.6. The highest BCUT2D eigenvalue weighted by Gasteiger charge is 2.34. The fourth-order valence-corrected chi connectivity index (χ4v) is 4.40. The van der Waals surface area contributed by atoms with E-state index in [1.165, 1.54) is 30.5 Å². The number of nitrogens with zero attached hydrogens (tertiary/aromatic N) is 5. The van der Waals surface area contributed by atoms with Crippen molar-refractivity contribution in [3.63, 3.8) is 0 Å². The molecule has 6 nitrogen and oxygen atoms in total. The number of rotatable bonds is 6. The number of hydrogen-bond acceptors (Lipinski definition) is 6. The molecule has 4 aromatic rings. The molecule has 3 aromatic heterocycles. The Labute approximate surface area is 225 Å². The molecule has 206 valence electrons. The van der Waals surface area contributed by atoms with E-state index in [-0.39, 0.29) is 35.3 Å². The van der Waals surface area contributed by atoms with E-state index in [0.29, 0.717) is 16.7 Å². The SMILES string of the molecule is CCC1C=CC=CN1Cc1nc(Nc2ccc(C(F)(F)F)nc2)c2ccc(-c3ncccc3C(F)(F)F)cc2n1. The van der Waals surface area contributed by atoms with Gasteiger partial charge in [-0.3, -0.25) is 4.98 Å². The smallest absolute Gasteiger partial charge is 0.364 e. The first-order chi connectivity index (χ1) is 19.0. The quantitative estimate of drug-likeness (QED) is 0.248. The van der Waals surface area contributed by atoms with Crippen LogP contribution in [0.3, 0.4) is 0 Å². The third-order valence-corrected chi connectivity index (χ3v) is 6.34. The van der Waals surface area contributed by atoms with Crippen LogP contribution >= 0.6 is 0 Å². The average molecular weight is 557 g/mol. The Morgan fingerprint density at radius 1 is 0.925 bits per heavy atom. The van der Waals surface area contributed by atoms with Crippen molar-refractivity contribution in [2.45, 2.75) is 38.3 Å². The third-order valence-electron chi connectivity index (χ3n) is 6.34. The zero-order valence-corrected chi connectivity index (χ0v) is 21.0. The maximum absolute atomic E-state index is 13.7. The second-order valence-corrected chi connectivity index (χ2v) is 9.05. The minimum atomic E-state index is -4.61. The van der Waals surface area contributed by atoms with E-state index >= 15 is 0 Å². The second-order valence-electron chi connectivity index (χ2n) is 9.05. The Morgan fingerprint density at radius 3 is 2.45 bits per heavy atom. The van der Waals surface area contributed by atoms with Gasteiger partial charge in [0, 0.05) is 29.4 Å². The highest BCUT2D eigenvalue weighted by molar-refractivity contribution is 5.93.